The molecule has 1 aromatic heterocycles. The monoisotopic (exact) mass is 253 g/mol. The first kappa shape index (κ1) is 13.1. The van der Waals surface area contributed by atoms with Crippen molar-refractivity contribution in [1.29, 1.82) is 0 Å². The predicted molar refractivity (Wildman–Crippen MR) is 65.4 cm³/mol. The van der Waals surface area contributed by atoms with Gasteiger partial charge in [-0.3, -0.25) is 15.1 Å². The third-order valence-electron chi connectivity index (χ3n) is 3.48. The number of nitrogens with two attached hydrogens (primary N) is 1. The van der Waals surface area contributed by atoms with E-state index in [1.165, 1.54) is 6.26 Å². The van der Waals surface area contributed by atoms with Gasteiger partial charge in [-0.05, 0) is 31.9 Å². The summed E-state index contributed by atoms with van der Waals surface area (Å²) >= 11 is 0. The summed E-state index contributed by atoms with van der Waals surface area (Å²) in [4.78, 5) is 13.7. The third-order valence-corrected chi connectivity index (χ3v) is 3.48. The Morgan fingerprint density at radius 3 is 3.17 bits per heavy atom. The minimum absolute atomic E-state index is 0.293. The van der Waals surface area contributed by atoms with Gasteiger partial charge in [-0.2, -0.15) is 0 Å². The number of aliphatic hydroxyl groups excluding tert-OH is 1. The minimum atomic E-state index is -0.343. The number of aliphatic hydroxyl groups is 1. The summed E-state index contributed by atoms with van der Waals surface area (Å²) in [6.45, 7) is 4.11. The van der Waals surface area contributed by atoms with E-state index in [1.54, 1.807) is 6.07 Å². The first-order valence-electron chi connectivity index (χ1n) is 6.09. The van der Waals surface area contributed by atoms with Crippen LogP contribution in [0, 0.1) is 5.92 Å². The van der Waals surface area contributed by atoms with E-state index in [0.717, 1.165) is 19.5 Å². The second kappa shape index (κ2) is 5.51. The van der Waals surface area contributed by atoms with Crippen LogP contribution in [0.4, 0.5) is 0 Å². The van der Waals surface area contributed by atoms with Crippen LogP contribution in [-0.4, -0.2) is 35.1 Å². The molecule has 1 aromatic rings. The molecule has 1 amide bonds. The van der Waals surface area contributed by atoms with Crippen molar-refractivity contribution in [2.75, 3.05) is 13.1 Å². The highest BCUT2D eigenvalue weighted by Crippen LogP contribution is 2.22. The molecule has 4 N–H and O–H groups in total. The molecule has 0 spiro atoms. The molecule has 0 aliphatic carbocycles. The van der Waals surface area contributed by atoms with E-state index in [1.807, 2.05) is 6.92 Å². The smallest absolute Gasteiger partial charge is 0.268 e. The normalized spacial score (nSPS) is 22.1. The van der Waals surface area contributed by atoms with Crippen LogP contribution in [0.3, 0.4) is 0 Å². The number of amides is 1. The van der Waals surface area contributed by atoms with E-state index in [0.29, 0.717) is 23.8 Å². The number of furan rings is 1. The summed E-state index contributed by atoms with van der Waals surface area (Å²) in [6.07, 6.45) is 2.16. The molecule has 1 saturated heterocycles. The molecular weight excluding hydrogens is 234 g/mol. The molecule has 0 radical (unpaired) electrons. The molecule has 2 rings (SSSR count). The van der Waals surface area contributed by atoms with Gasteiger partial charge in [-0.15, -0.1) is 0 Å². The molecule has 0 bridgehead atoms. The summed E-state index contributed by atoms with van der Waals surface area (Å²) in [6, 6.07) is 1.61. The lowest BCUT2D eigenvalue weighted by Gasteiger charge is -2.16. The van der Waals surface area contributed by atoms with Crippen molar-refractivity contribution >= 4 is 5.91 Å². The SMILES string of the molecule is CC(O)C1CCN(Cc2occc2C(=O)NN)C1. The molecule has 6 nitrogen and oxygen atoms in total. The number of hydrazine groups is 1. The van der Waals surface area contributed by atoms with E-state index < -0.39 is 0 Å². The zero-order chi connectivity index (χ0) is 13.1. The fraction of sp³-hybridized carbons (Fsp3) is 0.583. The lowest BCUT2D eigenvalue weighted by atomic mass is 10.0. The van der Waals surface area contributed by atoms with E-state index in [4.69, 9.17) is 10.3 Å². The van der Waals surface area contributed by atoms with Crippen molar-refractivity contribution in [3.8, 4) is 0 Å². The predicted octanol–water partition coefficient (Wildman–Crippen LogP) is 0.0858. The maximum atomic E-state index is 11.5. The van der Waals surface area contributed by atoms with Crippen molar-refractivity contribution in [3.05, 3.63) is 23.7 Å². The molecule has 1 fully saturated rings. The van der Waals surface area contributed by atoms with Crippen LogP contribution in [0.1, 0.15) is 29.5 Å². The molecule has 1 aliphatic rings. The Morgan fingerprint density at radius 2 is 2.56 bits per heavy atom. The van der Waals surface area contributed by atoms with Gasteiger partial charge in [0.05, 0.1) is 24.5 Å². The average Bonchev–Trinajstić information content (AvgIpc) is 2.97. The van der Waals surface area contributed by atoms with Gasteiger partial charge < -0.3 is 9.52 Å². The molecule has 1 aliphatic heterocycles. The number of hydrogen-bond donors (Lipinski definition) is 3. The number of nitrogens with one attached hydrogen (secondary N) is 1. The average molecular weight is 253 g/mol. The van der Waals surface area contributed by atoms with Gasteiger partial charge in [0, 0.05) is 6.54 Å². The number of rotatable bonds is 4. The molecule has 2 heterocycles. The van der Waals surface area contributed by atoms with Crippen LogP contribution < -0.4 is 11.3 Å². The topological polar surface area (TPSA) is 91.7 Å². The van der Waals surface area contributed by atoms with Crippen molar-refractivity contribution < 1.29 is 14.3 Å². The number of hydrogen-bond acceptors (Lipinski definition) is 5. The molecular formula is C12H19N3O3. The highest BCUT2D eigenvalue weighted by atomic mass is 16.3. The van der Waals surface area contributed by atoms with Gasteiger partial charge in [-0.25, -0.2) is 5.84 Å². The Morgan fingerprint density at radius 1 is 1.78 bits per heavy atom. The third kappa shape index (κ3) is 2.72. The van der Waals surface area contributed by atoms with Gasteiger partial charge in [0.1, 0.15) is 5.76 Å². The summed E-state index contributed by atoms with van der Waals surface area (Å²) in [7, 11) is 0. The number of nitrogen functional groups attached to an aromatic ring is 1. The van der Waals surface area contributed by atoms with E-state index in [2.05, 4.69) is 10.3 Å². The number of nitrogens with zero attached hydrogens (tertiary/aromatic N) is 1. The highest BCUT2D eigenvalue weighted by Gasteiger charge is 2.27. The lowest BCUT2D eigenvalue weighted by Crippen LogP contribution is -2.31. The second-order valence-electron chi connectivity index (χ2n) is 4.76. The summed E-state index contributed by atoms with van der Waals surface area (Å²) in [5.41, 5.74) is 2.57. The van der Waals surface area contributed by atoms with Gasteiger partial charge in [-0.1, -0.05) is 0 Å². The fourth-order valence-electron chi connectivity index (χ4n) is 2.35. The summed E-state index contributed by atoms with van der Waals surface area (Å²) in [5, 5.41) is 9.55. The number of likely N-dealkylation sites (tertiary alicyclic amines) is 1. The second-order valence-corrected chi connectivity index (χ2v) is 4.76. The molecule has 2 atom stereocenters. The van der Waals surface area contributed by atoms with Crippen LogP contribution in [0.5, 0.6) is 0 Å². The maximum absolute atomic E-state index is 11.5. The van der Waals surface area contributed by atoms with Crippen molar-refractivity contribution in [2.24, 2.45) is 11.8 Å². The Bertz CT molecular complexity index is 416. The molecule has 100 valence electrons. The highest BCUT2D eigenvalue weighted by molar-refractivity contribution is 5.94. The first-order valence-corrected chi connectivity index (χ1v) is 6.09. The minimum Gasteiger partial charge on any atom is -0.467 e. The van der Waals surface area contributed by atoms with Gasteiger partial charge in [0.2, 0.25) is 0 Å². The van der Waals surface area contributed by atoms with Gasteiger partial charge in [0.25, 0.3) is 5.91 Å². The first-order chi connectivity index (χ1) is 8.61. The molecule has 2 unspecified atom stereocenters. The van der Waals surface area contributed by atoms with Crippen LogP contribution in [0.2, 0.25) is 0 Å². The zero-order valence-electron chi connectivity index (χ0n) is 10.4. The Kier molecular flexibility index (Phi) is 4.00. The van der Waals surface area contributed by atoms with Crippen LogP contribution in [0.15, 0.2) is 16.7 Å². The van der Waals surface area contributed by atoms with Crippen molar-refractivity contribution in [3.63, 3.8) is 0 Å². The lowest BCUT2D eigenvalue weighted by molar-refractivity contribution is 0.0949. The quantitative estimate of drug-likeness (QED) is 0.402. The number of carbonyl (C=O) groups excluding carboxylic acids is 1. The largest absolute Gasteiger partial charge is 0.467 e. The standard InChI is InChI=1S/C12H19N3O3/c1-8(16)9-2-4-15(6-9)7-11-10(3-5-18-11)12(17)14-13/h3,5,8-9,16H,2,4,6-7,13H2,1H3,(H,14,17). The van der Waals surface area contributed by atoms with Crippen LogP contribution in [0.25, 0.3) is 0 Å². The number of carbonyl (C=O) groups is 1. The summed E-state index contributed by atoms with van der Waals surface area (Å²) < 4.78 is 5.32. The Labute approximate surface area is 106 Å². The fourth-order valence-corrected chi connectivity index (χ4v) is 2.35. The van der Waals surface area contributed by atoms with Crippen LogP contribution >= 0.6 is 0 Å². The van der Waals surface area contributed by atoms with Gasteiger partial charge >= 0.3 is 0 Å². The maximum Gasteiger partial charge on any atom is 0.268 e. The van der Waals surface area contributed by atoms with E-state index in [-0.39, 0.29) is 12.0 Å². The van der Waals surface area contributed by atoms with Crippen molar-refractivity contribution in [1.82, 2.24) is 10.3 Å². The van der Waals surface area contributed by atoms with Crippen LogP contribution in [-0.2, 0) is 6.54 Å². The molecule has 0 saturated carbocycles. The Balaban J connectivity index is 1.99. The Hall–Kier alpha value is -1.37. The van der Waals surface area contributed by atoms with E-state index >= 15 is 0 Å². The summed E-state index contributed by atoms with van der Waals surface area (Å²) in [5.74, 6) is 5.68. The van der Waals surface area contributed by atoms with Gasteiger partial charge in [0.15, 0.2) is 0 Å². The molecule has 0 aromatic carbocycles. The zero-order valence-corrected chi connectivity index (χ0v) is 10.4. The van der Waals surface area contributed by atoms with Crippen molar-refractivity contribution in [2.45, 2.75) is 26.0 Å². The van der Waals surface area contributed by atoms with E-state index in [9.17, 15) is 9.90 Å². The molecule has 6 heteroatoms. The molecule has 18 heavy (non-hydrogen) atoms.